The number of hydrogen-bond acceptors (Lipinski definition) is 4. The van der Waals surface area contributed by atoms with Gasteiger partial charge in [0, 0.05) is 0 Å². The monoisotopic (exact) mass is 217 g/mol. The van der Waals surface area contributed by atoms with Gasteiger partial charge in [0.2, 0.25) is 0 Å². The number of nitrogens with one attached hydrogen (secondary N) is 1. The van der Waals surface area contributed by atoms with Crippen LogP contribution in [0.3, 0.4) is 0 Å². The normalized spacial score (nSPS) is 30.6. The maximum atomic E-state index is 11.4. The number of carbonyl (C=O) groups is 1. The molecule has 0 atom stereocenters. The summed E-state index contributed by atoms with van der Waals surface area (Å²) in [4.78, 5) is 11.4. The summed E-state index contributed by atoms with van der Waals surface area (Å²) in [6.07, 6.45) is -0.235. The molecule has 0 radical (unpaired) electrons. The predicted molar refractivity (Wildman–Crippen MR) is 54.4 cm³/mol. The maximum Gasteiger partial charge on any atom is 0.408 e. The van der Waals surface area contributed by atoms with Gasteiger partial charge in [-0.1, -0.05) is 0 Å². The van der Waals surface area contributed by atoms with Crippen LogP contribution < -0.4 is 5.32 Å². The Morgan fingerprint density at radius 3 is 2.40 bits per heavy atom. The average Bonchev–Trinajstić information content (AvgIpc) is 1.97. The Morgan fingerprint density at radius 1 is 1.53 bits per heavy atom. The van der Waals surface area contributed by atoms with Crippen LogP contribution in [0.4, 0.5) is 4.79 Å². The van der Waals surface area contributed by atoms with Crippen molar-refractivity contribution in [2.75, 3.05) is 6.61 Å². The number of hydrogen-bond donors (Lipinski definition) is 3. The lowest BCUT2D eigenvalue weighted by atomic mass is 9.75. The molecule has 0 heterocycles. The summed E-state index contributed by atoms with van der Waals surface area (Å²) in [6.45, 7) is 5.14. The molecule has 1 rings (SSSR count). The molecule has 1 aliphatic rings. The Kier molecular flexibility index (Phi) is 3.25. The van der Waals surface area contributed by atoms with Gasteiger partial charge >= 0.3 is 6.09 Å². The smallest absolute Gasteiger partial charge is 0.408 e. The van der Waals surface area contributed by atoms with Crippen LogP contribution in [-0.2, 0) is 4.74 Å². The van der Waals surface area contributed by atoms with Gasteiger partial charge < -0.3 is 20.3 Å². The minimum absolute atomic E-state index is 0.177. The first kappa shape index (κ1) is 12.3. The molecule has 1 aliphatic carbocycles. The van der Waals surface area contributed by atoms with Crippen LogP contribution in [-0.4, -0.2) is 40.2 Å². The molecule has 0 bridgehead atoms. The molecule has 0 aromatic heterocycles. The minimum Gasteiger partial charge on any atom is -0.444 e. The molecule has 0 aromatic carbocycles. The Bertz CT molecular complexity index is 240. The second kappa shape index (κ2) is 3.98. The number of ether oxygens (including phenoxy) is 1. The molecular formula is C10H19NO4. The fourth-order valence-electron chi connectivity index (χ4n) is 1.63. The van der Waals surface area contributed by atoms with Crippen LogP contribution in [0.5, 0.6) is 0 Å². The molecule has 0 unspecified atom stereocenters. The second-order valence-electron chi connectivity index (χ2n) is 5.13. The van der Waals surface area contributed by atoms with E-state index in [9.17, 15) is 4.79 Å². The zero-order valence-corrected chi connectivity index (χ0v) is 9.41. The van der Waals surface area contributed by atoms with Crippen molar-refractivity contribution in [2.24, 2.45) is 0 Å². The van der Waals surface area contributed by atoms with Gasteiger partial charge in [-0.2, -0.15) is 0 Å². The van der Waals surface area contributed by atoms with Crippen LogP contribution in [0.15, 0.2) is 0 Å². The van der Waals surface area contributed by atoms with Gasteiger partial charge in [0.25, 0.3) is 0 Å². The van der Waals surface area contributed by atoms with Crippen LogP contribution in [0, 0.1) is 0 Å². The first-order chi connectivity index (χ1) is 6.76. The summed E-state index contributed by atoms with van der Waals surface area (Å²) < 4.78 is 5.06. The molecule has 1 fully saturated rings. The third-order valence-corrected chi connectivity index (χ3v) is 2.32. The molecule has 5 heteroatoms. The molecule has 0 saturated heterocycles. The Hall–Kier alpha value is -0.810. The van der Waals surface area contributed by atoms with E-state index in [0.29, 0.717) is 12.8 Å². The van der Waals surface area contributed by atoms with Gasteiger partial charge in [0.15, 0.2) is 0 Å². The predicted octanol–water partition coefficient (Wildman–Crippen LogP) is 0.397. The molecule has 0 spiro atoms. The summed E-state index contributed by atoms with van der Waals surface area (Å²) in [5.74, 6) is 0. The highest BCUT2D eigenvalue weighted by Gasteiger charge is 2.45. The summed E-state index contributed by atoms with van der Waals surface area (Å²) in [7, 11) is 0. The highest BCUT2D eigenvalue weighted by atomic mass is 16.6. The van der Waals surface area contributed by atoms with E-state index in [2.05, 4.69) is 5.32 Å². The molecule has 0 aliphatic heterocycles. The molecule has 88 valence electrons. The van der Waals surface area contributed by atoms with E-state index < -0.39 is 23.3 Å². The fraction of sp³-hybridized carbons (Fsp3) is 0.900. The molecule has 0 aromatic rings. The fourth-order valence-corrected chi connectivity index (χ4v) is 1.63. The Morgan fingerprint density at radius 2 is 2.07 bits per heavy atom. The van der Waals surface area contributed by atoms with Crippen molar-refractivity contribution in [2.45, 2.75) is 50.9 Å². The van der Waals surface area contributed by atoms with Crippen molar-refractivity contribution in [1.82, 2.24) is 5.32 Å². The quantitative estimate of drug-likeness (QED) is 0.625. The van der Waals surface area contributed by atoms with Crippen LogP contribution in [0.25, 0.3) is 0 Å². The lowest BCUT2D eigenvalue weighted by Gasteiger charge is -2.44. The first-order valence-corrected chi connectivity index (χ1v) is 5.06. The second-order valence-corrected chi connectivity index (χ2v) is 5.13. The third-order valence-electron chi connectivity index (χ3n) is 2.32. The lowest BCUT2D eigenvalue weighted by Crippen LogP contribution is -2.62. The van der Waals surface area contributed by atoms with Gasteiger partial charge in [-0.15, -0.1) is 0 Å². The van der Waals surface area contributed by atoms with Crippen LogP contribution in [0.1, 0.15) is 33.6 Å². The van der Waals surface area contributed by atoms with Crippen molar-refractivity contribution >= 4 is 6.09 Å². The molecule has 15 heavy (non-hydrogen) atoms. The topological polar surface area (TPSA) is 78.8 Å². The van der Waals surface area contributed by atoms with Crippen LogP contribution in [0.2, 0.25) is 0 Å². The number of carbonyl (C=O) groups excluding carboxylic acids is 1. The summed E-state index contributed by atoms with van der Waals surface area (Å²) in [6, 6.07) is 0. The largest absolute Gasteiger partial charge is 0.444 e. The average molecular weight is 217 g/mol. The number of aliphatic hydroxyl groups excluding tert-OH is 2. The summed E-state index contributed by atoms with van der Waals surface area (Å²) in [5, 5.41) is 20.9. The summed E-state index contributed by atoms with van der Waals surface area (Å²) in [5.41, 5.74) is -1.25. The number of rotatable bonds is 2. The lowest BCUT2D eigenvalue weighted by molar-refractivity contribution is -0.0339. The Balaban J connectivity index is 2.44. The van der Waals surface area contributed by atoms with E-state index in [-0.39, 0.29) is 6.61 Å². The molecule has 1 amide bonds. The van der Waals surface area contributed by atoms with Crippen molar-refractivity contribution in [3.63, 3.8) is 0 Å². The highest BCUT2D eigenvalue weighted by Crippen LogP contribution is 2.32. The zero-order chi connectivity index (χ0) is 11.7. The molecule has 5 nitrogen and oxygen atoms in total. The van der Waals surface area contributed by atoms with E-state index >= 15 is 0 Å². The Labute approximate surface area is 89.4 Å². The summed E-state index contributed by atoms with van der Waals surface area (Å²) >= 11 is 0. The first-order valence-electron chi connectivity index (χ1n) is 5.06. The number of amides is 1. The minimum atomic E-state index is -0.693. The highest BCUT2D eigenvalue weighted by molar-refractivity contribution is 5.69. The molecular weight excluding hydrogens is 198 g/mol. The van der Waals surface area contributed by atoms with Crippen molar-refractivity contribution in [3.8, 4) is 0 Å². The maximum absolute atomic E-state index is 11.4. The standard InChI is InChI=1S/C10H19NO4/c1-9(2,3)15-8(14)11-10(6-12)4-7(13)5-10/h7,12-13H,4-6H2,1-3H3,(H,11,14). The van der Waals surface area contributed by atoms with Gasteiger partial charge in [0.05, 0.1) is 18.2 Å². The van der Waals surface area contributed by atoms with Crippen molar-refractivity contribution in [1.29, 1.82) is 0 Å². The van der Waals surface area contributed by atoms with Gasteiger partial charge in [0.1, 0.15) is 5.60 Å². The van der Waals surface area contributed by atoms with E-state index in [1.165, 1.54) is 0 Å². The molecule has 1 saturated carbocycles. The van der Waals surface area contributed by atoms with Gasteiger partial charge in [-0.3, -0.25) is 0 Å². The van der Waals surface area contributed by atoms with E-state index in [1.807, 2.05) is 0 Å². The zero-order valence-electron chi connectivity index (χ0n) is 9.41. The SMILES string of the molecule is CC(C)(C)OC(=O)NC1(CO)CC(O)C1. The van der Waals surface area contributed by atoms with Gasteiger partial charge in [-0.05, 0) is 33.6 Å². The number of aliphatic hydroxyl groups is 2. The number of alkyl carbamates (subject to hydrolysis) is 1. The van der Waals surface area contributed by atoms with Crippen molar-refractivity contribution < 1.29 is 19.7 Å². The van der Waals surface area contributed by atoms with E-state index in [4.69, 9.17) is 14.9 Å². The third kappa shape index (κ3) is 3.35. The van der Waals surface area contributed by atoms with Gasteiger partial charge in [-0.25, -0.2) is 4.79 Å². The van der Waals surface area contributed by atoms with E-state index in [1.54, 1.807) is 20.8 Å². The van der Waals surface area contributed by atoms with E-state index in [0.717, 1.165) is 0 Å². The van der Waals surface area contributed by atoms with Crippen LogP contribution >= 0.6 is 0 Å². The van der Waals surface area contributed by atoms with Crippen molar-refractivity contribution in [3.05, 3.63) is 0 Å². The molecule has 3 N–H and O–H groups in total.